The summed E-state index contributed by atoms with van der Waals surface area (Å²) in [6.45, 7) is 0. The van der Waals surface area contributed by atoms with E-state index in [4.69, 9.17) is 17.5 Å². The van der Waals surface area contributed by atoms with Crippen LogP contribution in [0.4, 0.5) is 15.8 Å². The number of rotatable bonds is 3. The van der Waals surface area contributed by atoms with Crippen LogP contribution in [0.15, 0.2) is 36.4 Å². The second-order valence-corrected chi connectivity index (χ2v) is 7.71. The zero-order chi connectivity index (χ0) is 22.3. The van der Waals surface area contributed by atoms with E-state index in [1.807, 2.05) is 12.1 Å². The molecule has 0 atom stereocenters. The molecule has 2 fully saturated rings. The lowest BCUT2D eigenvalue weighted by Crippen LogP contribution is -2.55. The van der Waals surface area contributed by atoms with Gasteiger partial charge in [0.1, 0.15) is 23.5 Å². The van der Waals surface area contributed by atoms with Crippen molar-refractivity contribution in [3.05, 3.63) is 58.9 Å². The zero-order valence-electron chi connectivity index (χ0n) is 16.5. The van der Waals surface area contributed by atoms with E-state index in [-0.39, 0.29) is 27.7 Å². The van der Waals surface area contributed by atoms with Crippen LogP contribution in [-0.4, -0.2) is 29.5 Å². The van der Waals surface area contributed by atoms with Crippen LogP contribution < -0.4 is 15.1 Å². The third-order valence-corrected chi connectivity index (χ3v) is 6.14. The van der Waals surface area contributed by atoms with Gasteiger partial charge in [0.15, 0.2) is 5.11 Å². The van der Waals surface area contributed by atoms with Crippen LogP contribution in [0.25, 0.3) is 0 Å². The standard InChI is InChI=1S/C22H16FN5O2S/c1-26-19(29)17-6-5-16(10-18(17)23)28-21(31)27(20(30)22(28)7-2-8-22)15-4-3-13(11-24)14(9-15)12-25/h3-6,9-10H,2,7-8H2,1H3,(H,26,29). The van der Waals surface area contributed by atoms with Gasteiger partial charge < -0.3 is 10.2 Å². The molecule has 4 rings (SSSR count). The Morgan fingerprint density at radius 2 is 1.81 bits per heavy atom. The number of thiocarbonyl (C=S) groups is 1. The lowest BCUT2D eigenvalue weighted by molar-refractivity contribution is -0.123. The maximum absolute atomic E-state index is 14.6. The van der Waals surface area contributed by atoms with E-state index < -0.39 is 17.3 Å². The molecule has 7 nitrogen and oxygen atoms in total. The minimum absolute atomic E-state index is 0.104. The van der Waals surface area contributed by atoms with Crippen LogP contribution in [0.1, 0.15) is 40.7 Å². The summed E-state index contributed by atoms with van der Waals surface area (Å²) in [5.74, 6) is -1.52. The highest BCUT2D eigenvalue weighted by Crippen LogP contribution is 2.48. The number of carbonyl (C=O) groups is 2. The van der Waals surface area contributed by atoms with Gasteiger partial charge in [0, 0.05) is 12.7 Å². The van der Waals surface area contributed by atoms with Crippen molar-refractivity contribution < 1.29 is 14.0 Å². The van der Waals surface area contributed by atoms with Crippen molar-refractivity contribution >= 4 is 40.5 Å². The van der Waals surface area contributed by atoms with Crippen molar-refractivity contribution in [2.45, 2.75) is 24.8 Å². The van der Waals surface area contributed by atoms with Crippen LogP contribution >= 0.6 is 12.2 Å². The number of nitriles is 2. The Kier molecular flexibility index (Phi) is 4.92. The molecular weight excluding hydrogens is 417 g/mol. The van der Waals surface area contributed by atoms with Gasteiger partial charge in [-0.1, -0.05) is 0 Å². The van der Waals surface area contributed by atoms with Crippen molar-refractivity contribution in [3.63, 3.8) is 0 Å². The monoisotopic (exact) mass is 433 g/mol. The van der Waals surface area contributed by atoms with Gasteiger partial charge in [-0.3, -0.25) is 14.5 Å². The molecule has 1 saturated carbocycles. The maximum Gasteiger partial charge on any atom is 0.259 e. The first kappa shape index (κ1) is 20.5. The van der Waals surface area contributed by atoms with E-state index >= 15 is 0 Å². The Morgan fingerprint density at radius 3 is 2.35 bits per heavy atom. The average Bonchev–Trinajstić information content (AvgIpc) is 2.99. The maximum atomic E-state index is 14.6. The fourth-order valence-electron chi connectivity index (χ4n) is 4.03. The molecule has 1 saturated heterocycles. The highest BCUT2D eigenvalue weighted by Gasteiger charge is 2.59. The van der Waals surface area contributed by atoms with Gasteiger partial charge in [-0.2, -0.15) is 10.5 Å². The Bertz CT molecular complexity index is 1230. The van der Waals surface area contributed by atoms with Gasteiger partial charge in [0.2, 0.25) is 0 Å². The Labute approximate surface area is 183 Å². The van der Waals surface area contributed by atoms with Crippen LogP contribution in [0, 0.1) is 28.5 Å². The summed E-state index contributed by atoms with van der Waals surface area (Å²) in [4.78, 5) is 28.2. The molecule has 2 aromatic carbocycles. The molecule has 0 bridgehead atoms. The first-order chi connectivity index (χ1) is 14.9. The minimum atomic E-state index is -0.932. The van der Waals surface area contributed by atoms with Crippen molar-refractivity contribution in [1.82, 2.24) is 5.32 Å². The molecule has 1 aliphatic heterocycles. The smallest absolute Gasteiger partial charge is 0.259 e. The molecule has 1 spiro atoms. The highest BCUT2D eigenvalue weighted by atomic mass is 32.1. The second-order valence-electron chi connectivity index (χ2n) is 7.34. The molecule has 0 aromatic heterocycles. The van der Waals surface area contributed by atoms with Crippen molar-refractivity contribution in [1.29, 1.82) is 10.5 Å². The molecule has 2 aliphatic rings. The van der Waals surface area contributed by atoms with E-state index in [1.54, 1.807) is 17.0 Å². The van der Waals surface area contributed by atoms with E-state index in [2.05, 4.69) is 5.32 Å². The number of anilines is 2. The SMILES string of the molecule is CNC(=O)c1ccc(N2C(=S)N(c3ccc(C#N)c(C#N)c3)C(=O)C23CCC3)cc1F. The largest absolute Gasteiger partial charge is 0.355 e. The topological polar surface area (TPSA) is 100 Å². The van der Waals surface area contributed by atoms with Gasteiger partial charge in [-0.05, 0) is 67.9 Å². The number of hydrogen-bond acceptors (Lipinski definition) is 5. The third kappa shape index (κ3) is 2.94. The lowest BCUT2D eigenvalue weighted by Gasteiger charge is -2.43. The van der Waals surface area contributed by atoms with E-state index in [9.17, 15) is 19.2 Å². The number of hydrogen-bond donors (Lipinski definition) is 1. The van der Waals surface area contributed by atoms with Crippen molar-refractivity contribution in [2.75, 3.05) is 16.8 Å². The number of benzene rings is 2. The summed E-state index contributed by atoms with van der Waals surface area (Å²) in [6, 6.07) is 12.5. The fourth-order valence-corrected chi connectivity index (χ4v) is 4.50. The Hall–Kier alpha value is -3.82. The van der Waals surface area contributed by atoms with Crippen LogP contribution in [-0.2, 0) is 4.79 Å². The zero-order valence-corrected chi connectivity index (χ0v) is 17.3. The van der Waals surface area contributed by atoms with Gasteiger partial charge in [0.05, 0.1) is 22.4 Å². The summed E-state index contributed by atoms with van der Waals surface area (Å²) in [7, 11) is 1.41. The predicted molar refractivity (Wildman–Crippen MR) is 115 cm³/mol. The quantitative estimate of drug-likeness (QED) is 0.747. The molecule has 2 aromatic rings. The summed E-state index contributed by atoms with van der Waals surface area (Å²) < 4.78 is 14.6. The summed E-state index contributed by atoms with van der Waals surface area (Å²) in [6.07, 6.45) is 1.90. The molecule has 154 valence electrons. The van der Waals surface area contributed by atoms with Gasteiger partial charge in [-0.15, -0.1) is 0 Å². The molecule has 0 unspecified atom stereocenters. The van der Waals surface area contributed by atoms with E-state index in [0.29, 0.717) is 24.2 Å². The van der Waals surface area contributed by atoms with Gasteiger partial charge in [-0.25, -0.2) is 4.39 Å². The Balaban J connectivity index is 1.79. The second kappa shape index (κ2) is 7.46. The summed E-state index contributed by atoms with van der Waals surface area (Å²) in [5, 5.41) is 21.0. The molecule has 1 N–H and O–H groups in total. The Morgan fingerprint density at radius 1 is 1.13 bits per heavy atom. The molecule has 31 heavy (non-hydrogen) atoms. The number of nitrogens with zero attached hydrogens (tertiary/aromatic N) is 4. The first-order valence-corrected chi connectivity index (χ1v) is 9.93. The van der Waals surface area contributed by atoms with Crippen LogP contribution in [0.3, 0.4) is 0 Å². The number of nitrogens with one attached hydrogen (secondary N) is 1. The third-order valence-electron chi connectivity index (χ3n) is 5.78. The minimum Gasteiger partial charge on any atom is -0.355 e. The van der Waals surface area contributed by atoms with E-state index in [1.165, 1.54) is 36.2 Å². The van der Waals surface area contributed by atoms with E-state index in [0.717, 1.165) is 6.42 Å². The summed E-state index contributed by atoms with van der Waals surface area (Å²) >= 11 is 5.62. The molecule has 1 aliphatic carbocycles. The normalized spacial score (nSPS) is 16.6. The first-order valence-electron chi connectivity index (χ1n) is 9.52. The average molecular weight is 433 g/mol. The summed E-state index contributed by atoms with van der Waals surface area (Å²) in [5.41, 5.74) is 0.0526. The van der Waals surface area contributed by atoms with Gasteiger partial charge >= 0.3 is 0 Å². The molecule has 9 heteroatoms. The molecular formula is C22H16FN5O2S. The van der Waals surface area contributed by atoms with Crippen LogP contribution in [0.5, 0.6) is 0 Å². The number of halogens is 1. The molecule has 1 heterocycles. The highest BCUT2D eigenvalue weighted by molar-refractivity contribution is 7.81. The predicted octanol–water partition coefficient (Wildman–Crippen LogP) is 2.99. The number of amides is 2. The van der Waals surface area contributed by atoms with Crippen molar-refractivity contribution in [2.24, 2.45) is 0 Å². The number of carbonyl (C=O) groups excluding carboxylic acids is 2. The fraction of sp³-hybridized carbons (Fsp3) is 0.227. The molecule has 2 amide bonds. The molecule has 0 radical (unpaired) electrons. The van der Waals surface area contributed by atoms with Gasteiger partial charge in [0.25, 0.3) is 11.8 Å². The van der Waals surface area contributed by atoms with Crippen molar-refractivity contribution in [3.8, 4) is 12.1 Å². The lowest BCUT2D eigenvalue weighted by atomic mass is 9.75. The van der Waals surface area contributed by atoms with Crippen LogP contribution in [0.2, 0.25) is 0 Å².